The second-order valence-electron chi connectivity index (χ2n) is 7.16. The molecule has 138 valence electrons. The largest absolute Gasteiger partial charge is 0.378 e. The van der Waals surface area contributed by atoms with Crippen molar-refractivity contribution in [1.29, 1.82) is 0 Å². The van der Waals surface area contributed by atoms with E-state index in [-0.39, 0.29) is 5.91 Å². The van der Waals surface area contributed by atoms with Crippen LogP contribution in [-0.4, -0.2) is 48.3 Å². The Labute approximate surface area is 153 Å². The number of benzene rings is 1. The smallest absolute Gasteiger partial charge is 0.233 e. The molecule has 1 aliphatic carbocycles. The summed E-state index contributed by atoms with van der Waals surface area (Å²) in [4.78, 5) is 16.3. The predicted octanol–water partition coefficient (Wildman–Crippen LogP) is 3.00. The molecule has 26 heavy (non-hydrogen) atoms. The molecular formula is C20H25N3O3. The summed E-state index contributed by atoms with van der Waals surface area (Å²) in [6.07, 6.45) is 2.16. The zero-order chi connectivity index (χ0) is 18.1. The predicted molar refractivity (Wildman–Crippen MR) is 99.0 cm³/mol. The van der Waals surface area contributed by atoms with Gasteiger partial charge >= 0.3 is 0 Å². The molecule has 4 rings (SSSR count). The van der Waals surface area contributed by atoms with E-state index in [4.69, 9.17) is 9.26 Å². The summed E-state index contributed by atoms with van der Waals surface area (Å²) in [6, 6.07) is 8.61. The summed E-state index contributed by atoms with van der Waals surface area (Å²) in [5.74, 6) is 0.883. The van der Waals surface area contributed by atoms with E-state index in [0.717, 1.165) is 48.6 Å². The highest BCUT2D eigenvalue weighted by Gasteiger charge is 2.34. The number of morpholine rings is 1. The van der Waals surface area contributed by atoms with Crippen molar-refractivity contribution in [3.63, 3.8) is 0 Å². The summed E-state index contributed by atoms with van der Waals surface area (Å²) in [7, 11) is 0. The van der Waals surface area contributed by atoms with Gasteiger partial charge in [-0.05, 0) is 25.8 Å². The number of rotatable bonds is 5. The molecule has 0 bridgehead atoms. The van der Waals surface area contributed by atoms with E-state index >= 15 is 0 Å². The van der Waals surface area contributed by atoms with Crippen LogP contribution in [0.25, 0.3) is 11.3 Å². The first-order valence-electron chi connectivity index (χ1n) is 9.29. The number of anilines is 1. The Morgan fingerprint density at radius 1 is 1.31 bits per heavy atom. The number of nitrogens with zero attached hydrogens (tertiary/aromatic N) is 3. The highest BCUT2D eigenvalue weighted by Crippen LogP contribution is 2.36. The maximum Gasteiger partial charge on any atom is 0.233 e. The number of aryl methyl sites for hydroxylation is 1. The first-order chi connectivity index (χ1) is 12.6. The van der Waals surface area contributed by atoms with Gasteiger partial charge in [-0.25, -0.2) is 0 Å². The molecule has 1 aliphatic heterocycles. The maximum absolute atomic E-state index is 12.2. The fraction of sp³-hybridized carbons (Fsp3) is 0.500. The molecule has 1 aromatic carbocycles. The van der Waals surface area contributed by atoms with Crippen LogP contribution in [0.1, 0.15) is 30.9 Å². The van der Waals surface area contributed by atoms with Crippen molar-refractivity contribution in [2.45, 2.75) is 39.3 Å². The van der Waals surface area contributed by atoms with Gasteiger partial charge in [0.15, 0.2) is 0 Å². The van der Waals surface area contributed by atoms with Gasteiger partial charge in [-0.1, -0.05) is 28.9 Å². The van der Waals surface area contributed by atoms with Gasteiger partial charge in [0.2, 0.25) is 11.8 Å². The Balaban J connectivity index is 1.73. The van der Waals surface area contributed by atoms with Crippen molar-refractivity contribution in [1.82, 2.24) is 10.1 Å². The number of ether oxygens (including phenoxy) is 1. The van der Waals surface area contributed by atoms with Crippen LogP contribution < -0.4 is 4.90 Å². The normalized spacial score (nSPS) is 17.4. The Hall–Kier alpha value is -2.34. The summed E-state index contributed by atoms with van der Waals surface area (Å²) >= 11 is 0. The van der Waals surface area contributed by atoms with Gasteiger partial charge < -0.3 is 19.1 Å². The number of carbonyl (C=O) groups excluding carboxylic acids is 1. The molecule has 6 nitrogen and oxygen atoms in total. The van der Waals surface area contributed by atoms with Crippen molar-refractivity contribution in [2.75, 3.05) is 31.2 Å². The Morgan fingerprint density at radius 2 is 2.08 bits per heavy atom. The van der Waals surface area contributed by atoms with E-state index in [9.17, 15) is 4.79 Å². The summed E-state index contributed by atoms with van der Waals surface area (Å²) in [6.45, 7) is 7.17. The second kappa shape index (κ2) is 7.11. The van der Waals surface area contributed by atoms with Crippen LogP contribution in [0.5, 0.6) is 0 Å². The van der Waals surface area contributed by atoms with Gasteiger partial charge in [-0.2, -0.15) is 0 Å². The quantitative estimate of drug-likeness (QED) is 0.825. The van der Waals surface area contributed by atoms with Gasteiger partial charge in [0.05, 0.1) is 25.3 Å². The molecule has 2 heterocycles. The van der Waals surface area contributed by atoms with E-state index in [2.05, 4.69) is 29.1 Å². The van der Waals surface area contributed by atoms with E-state index in [0.29, 0.717) is 25.8 Å². The zero-order valence-corrected chi connectivity index (χ0v) is 15.4. The molecule has 1 aromatic heterocycles. The van der Waals surface area contributed by atoms with Crippen LogP contribution in [0.15, 0.2) is 28.8 Å². The van der Waals surface area contributed by atoms with E-state index < -0.39 is 0 Å². The van der Waals surface area contributed by atoms with E-state index in [1.165, 1.54) is 5.56 Å². The molecule has 1 saturated carbocycles. The van der Waals surface area contributed by atoms with Gasteiger partial charge in [-0.15, -0.1) is 0 Å². The molecule has 0 atom stereocenters. The fourth-order valence-corrected chi connectivity index (χ4v) is 3.53. The van der Waals surface area contributed by atoms with Crippen LogP contribution in [0.4, 0.5) is 5.88 Å². The second-order valence-corrected chi connectivity index (χ2v) is 7.16. The lowest BCUT2D eigenvalue weighted by atomic mass is 10.0. The summed E-state index contributed by atoms with van der Waals surface area (Å²) in [5, 5.41) is 4.40. The van der Waals surface area contributed by atoms with E-state index in [1.807, 2.05) is 17.0 Å². The molecule has 0 N–H and O–H groups in total. The van der Waals surface area contributed by atoms with Crippen molar-refractivity contribution < 1.29 is 14.1 Å². The lowest BCUT2D eigenvalue weighted by Gasteiger charge is -2.28. The van der Waals surface area contributed by atoms with Crippen molar-refractivity contribution in [3.05, 3.63) is 35.4 Å². The van der Waals surface area contributed by atoms with Crippen LogP contribution >= 0.6 is 0 Å². The van der Waals surface area contributed by atoms with Crippen LogP contribution in [0.3, 0.4) is 0 Å². The first-order valence-corrected chi connectivity index (χ1v) is 9.29. The van der Waals surface area contributed by atoms with Crippen LogP contribution in [0, 0.1) is 6.92 Å². The number of hydrogen-bond acceptors (Lipinski definition) is 5. The Morgan fingerprint density at radius 3 is 2.73 bits per heavy atom. The lowest BCUT2D eigenvalue weighted by molar-refractivity contribution is -0.130. The molecule has 0 spiro atoms. The lowest BCUT2D eigenvalue weighted by Crippen LogP contribution is -2.37. The average Bonchev–Trinajstić information content (AvgIpc) is 3.39. The van der Waals surface area contributed by atoms with Crippen molar-refractivity contribution >= 4 is 11.8 Å². The average molecular weight is 355 g/mol. The molecule has 1 amide bonds. The van der Waals surface area contributed by atoms with Gasteiger partial charge in [0, 0.05) is 31.6 Å². The third-order valence-corrected chi connectivity index (χ3v) is 5.08. The fourth-order valence-electron chi connectivity index (χ4n) is 3.53. The molecule has 1 saturated heterocycles. The number of aromatic nitrogens is 1. The third kappa shape index (κ3) is 3.46. The maximum atomic E-state index is 12.2. The first kappa shape index (κ1) is 17.1. The topological polar surface area (TPSA) is 58.8 Å². The molecule has 2 aromatic rings. The molecule has 2 fully saturated rings. The Bertz CT molecular complexity index is 791. The van der Waals surface area contributed by atoms with Crippen molar-refractivity contribution in [2.24, 2.45) is 0 Å². The van der Waals surface area contributed by atoms with Gasteiger partial charge in [0.25, 0.3) is 0 Å². The molecule has 0 radical (unpaired) electrons. The highest BCUT2D eigenvalue weighted by atomic mass is 16.5. The summed E-state index contributed by atoms with van der Waals surface area (Å²) < 4.78 is 11.3. The van der Waals surface area contributed by atoms with Gasteiger partial charge in [0.1, 0.15) is 5.69 Å². The number of hydrogen-bond donors (Lipinski definition) is 0. The third-order valence-electron chi connectivity index (χ3n) is 5.08. The van der Waals surface area contributed by atoms with E-state index in [1.54, 1.807) is 6.92 Å². The SMILES string of the molecule is CC(=O)N(Cc1c(-c2cccc(C)c2)noc1N1CCOCC1)C1CC1. The monoisotopic (exact) mass is 355 g/mol. The minimum absolute atomic E-state index is 0.108. The van der Waals surface area contributed by atoms with Crippen molar-refractivity contribution in [3.8, 4) is 11.3 Å². The Kier molecular flexibility index (Phi) is 4.68. The minimum Gasteiger partial charge on any atom is -0.378 e. The summed E-state index contributed by atoms with van der Waals surface area (Å²) in [5.41, 5.74) is 4.04. The number of amides is 1. The zero-order valence-electron chi connectivity index (χ0n) is 15.4. The van der Waals surface area contributed by atoms with Crippen LogP contribution in [-0.2, 0) is 16.1 Å². The number of carbonyl (C=O) groups is 1. The highest BCUT2D eigenvalue weighted by molar-refractivity contribution is 5.75. The molecule has 2 aliphatic rings. The molecule has 6 heteroatoms. The minimum atomic E-state index is 0.108. The van der Waals surface area contributed by atoms with Gasteiger partial charge in [-0.3, -0.25) is 4.79 Å². The van der Waals surface area contributed by atoms with Crippen LogP contribution in [0.2, 0.25) is 0 Å². The molecular weight excluding hydrogens is 330 g/mol. The molecule has 0 unspecified atom stereocenters. The standard InChI is InChI=1S/C20H25N3O3/c1-14-4-3-5-16(12-14)19-18(13-23(15(2)24)17-6-7-17)20(26-21-19)22-8-10-25-11-9-22/h3-5,12,17H,6-11,13H2,1-2H3.